The molecule has 1 heteroatoms. The Morgan fingerprint density at radius 3 is 2.08 bits per heavy atom. The summed E-state index contributed by atoms with van der Waals surface area (Å²) < 4.78 is 0. The molecule has 3 rings (SSSR count). The first-order chi connectivity index (χ1) is 12.2. The monoisotopic (exact) mass is 333 g/mol. The minimum Gasteiger partial charge on any atom is -0.0984 e. The largest absolute Gasteiger partial charge is 0.155 e. The van der Waals surface area contributed by atoms with Crippen LogP contribution in [-0.4, -0.2) is 7.28 Å². The zero-order valence-corrected chi connectivity index (χ0v) is 16.1. The standard InChI is InChI=1S/C24H34B/c1-4-21-12-15-24(17-22(21)5-2)25-23-13-10-20(11-14-23)16-19-8-6-18(3)7-9-19/h4-5,12,15,17-20,23H,1-2,6-11,13-14,16H2,3H3. The van der Waals surface area contributed by atoms with Gasteiger partial charge in [0.2, 0.25) is 0 Å². The van der Waals surface area contributed by atoms with E-state index >= 15 is 0 Å². The van der Waals surface area contributed by atoms with E-state index in [1.165, 1.54) is 74.4 Å². The fourth-order valence-electron chi connectivity index (χ4n) is 4.96. The van der Waals surface area contributed by atoms with Gasteiger partial charge in [-0.2, -0.15) is 0 Å². The van der Waals surface area contributed by atoms with Crippen molar-refractivity contribution in [2.75, 3.05) is 0 Å². The van der Waals surface area contributed by atoms with Crippen LogP contribution in [0.3, 0.4) is 0 Å². The molecule has 1 radical (unpaired) electrons. The van der Waals surface area contributed by atoms with Crippen LogP contribution in [0, 0.1) is 17.8 Å². The van der Waals surface area contributed by atoms with Gasteiger partial charge >= 0.3 is 0 Å². The quantitative estimate of drug-likeness (QED) is 0.521. The third kappa shape index (κ3) is 5.12. The van der Waals surface area contributed by atoms with E-state index in [0.717, 1.165) is 23.6 Å². The maximum atomic E-state index is 3.94. The van der Waals surface area contributed by atoms with Crippen LogP contribution in [0.1, 0.15) is 75.8 Å². The molecule has 0 aromatic heterocycles. The Kier molecular flexibility index (Phi) is 6.62. The summed E-state index contributed by atoms with van der Waals surface area (Å²) in [7, 11) is 2.50. The Bertz CT molecular complexity index is 572. The van der Waals surface area contributed by atoms with Crippen LogP contribution in [-0.2, 0) is 0 Å². The smallest absolute Gasteiger partial charge is 0.0984 e. The molecule has 133 valence electrons. The molecule has 2 aliphatic rings. The first-order valence-electron chi connectivity index (χ1n) is 10.4. The van der Waals surface area contributed by atoms with Gasteiger partial charge in [-0.05, 0) is 35.3 Å². The summed E-state index contributed by atoms with van der Waals surface area (Å²) in [5.41, 5.74) is 3.73. The summed E-state index contributed by atoms with van der Waals surface area (Å²) in [4.78, 5) is 0. The van der Waals surface area contributed by atoms with Crippen molar-refractivity contribution in [2.24, 2.45) is 17.8 Å². The zero-order chi connectivity index (χ0) is 17.6. The van der Waals surface area contributed by atoms with Crippen molar-refractivity contribution in [1.29, 1.82) is 0 Å². The molecular weight excluding hydrogens is 299 g/mol. The van der Waals surface area contributed by atoms with E-state index in [1.807, 2.05) is 12.2 Å². The topological polar surface area (TPSA) is 0 Å². The highest BCUT2D eigenvalue weighted by molar-refractivity contribution is 6.55. The average molecular weight is 333 g/mol. The van der Waals surface area contributed by atoms with Gasteiger partial charge in [0.05, 0.1) is 0 Å². The maximum absolute atomic E-state index is 3.94. The molecule has 0 atom stereocenters. The fourth-order valence-corrected chi connectivity index (χ4v) is 4.96. The van der Waals surface area contributed by atoms with Crippen molar-refractivity contribution in [3.63, 3.8) is 0 Å². The molecule has 1 aromatic carbocycles. The van der Waals surface area contributed by atoms with E-state index < -0.39 is 0 Å². The second-order valence-corrected chi connectivity index (χ2v) is 8.61. The number of benzene rings is 1. The summed E-state index contributed by atoms with van der Waals surface area (Å²) in [6.45, 7) is 10.3. The van der Waals surface area contributed by atoms with Crippen LogP contribution in [0.15, 0.2) is 31.4 Å². The Morgan fingerprint density at radius 2 is 1.48 bits per heavy atom. The zero-order valence-electron chi connectivity index (χ0n) is 16.1. The maximum Gasteiger partial charge on any atom is 0.155 e. The van der Waals surface area contributed by atoms with E-state index in [2.05, 4.69) is 45.6 Å². The van der Waals surface area contributed by atoms with Crippen LogP contribution in [0.4, 0.5) is 0 Å². The lowest BCUT2D eigenvalue weighted by Crippen LogP contribution is -2.25. The van der Waals surface area contributed by atoms with Gasteiger partial charge in [0.15, 0.2) is 7.28 Å². The molecule has 0 saturated heterocycles. The molecule has 0 heterocycles. The van der Waals surface area contributed by atoms with Crippen molar-refractivity contribution in [1.82, 2.24) is 0 Å². The van der Waals surface area contributed by atoms with E-state index in [0.29, 0.717) is 0 Å². The molecule has 1 aromatic rings. The summed E-state index contributed by atoms with van der Waals surface area (Å²) in [6.07, 6.45) is 16.9. The number of hydrogen-bond acceptors (Lipinski definition) is 0. The second kappa shape index (κ2) is 8.92. The molecule has 2 fully saturated rings. The molecule has 0 unspecified atom stereocenters. The van der Waals surface area contributed by atoms with Gasteiger partial charge in [-0.3, -0.25) is 0 Å². The molecule has 0 aliphatic heterocycles. The summed E-state index contributed by atoms with van der Waals surface area (Å²) in [5, 5.41) is 0. The molecular formula is C24H34B. The van der Waals surface area contributed by atoms with Crippen LogP contribution in [0.2, 0.25) is 5.82 Å². The van der Waals surface area contributed by atoms with Gasteiger partial charge in [-0.25, -0.2) is 0 Å². The fraction of sp³-hybridized carbons (Fsp3) is 0.583. The van der Waals surface area contributed by atoms with Crippen LogP contribution in [0.5, 0.6) is 0 Å². The predicted octanol–water partition coefficient (Wildman–Crippen LogP) is 6.50. The normalized spacial score (nSPS) is 29.8. The van der Waals surface area contributed by atoms with E-state index in [4.69, 9.17) is 0 Å². The molecule has 0 amide bonds. The molecule has 0 nitrogen and oxygen atoms in total. The summed E-state index contributed by atoms with van der Waals surface area (Å²) in [6, 6.07) is 6.67. The SMILES string of the molecule is C=Cc1ccc([B]C2CCC(CC3CCC(C)CC3)CC2)cc1C=C. The van der Waals surface area contributed by atoms with Crippen molar-refractivity contribution in [2.45, 2.75) is 70.5 Å². The van der Waals surface area contributed by atoms with E-state index in [1.54, 1.807) is 0 Å². The summed E-state index contributed by atoms with van der Waals surface area (Å²) in [5.74, 6) is 3.77. The van der Waals surface area contributed by atoms with Crippen molar-refractivity contribution >= 4 is 24.9 Å². The highest BCUT2D eigenvalue weighted by atomic mass is 14.3. The lowest BCUT2D eigenvalue weighted by atomic mass is 9.53. The molecule has 0 N–H and O–H groups in total. The van der Waals surface area contributed by atoms with Gasteiger partial charge in [-0.1, -0.05) is 113 Å². The van der Waals surface area contributed by atoms with Crippen molar-refractivity contribution in [3.05, 3.63) is 42.5 Å². The van der Waals surface area contributed by atoms with Gasteiger partial charge in [-0.15, -0.1) is 0 Å². The van der Waals surface area contributed by atoms with Gasteiger partial charge in [0, 0.05) is 0 Å². The first kappa shape index (κ1) is 18.6. The van der Waals surface area contributed by atoms with Crippen LogP contribution >= 0.6 is 0 Å². The van der Waals surface area contributed by atoms with Gasteiger partial charge < -0.3 is 0 Å². The highest BCUT2D eigenvalue weighted by Crippen LogP contribution is 2.39. The molecule has 0 spiro atoms. The first-order valence-corrected chi connectivity index (χ1v) is 10.4. The second-order valence-electron chi connectivity index (χ2n) is 8.61. The lowest BCUT2D eigenvalue weighted by Gasteiger charge is -2.33. The minimum atomic E-state index is 0.759. The molecule has 2 saturated carbocycles. The Balaban J connectivity index is 1.46. The van der Waals surface area contributed by atoms with E-state index in [9.17, 15) is 0 Å². The molecule has 0 bridgehead atoms. The van der Waals surface area contributed by atoms with Gasteiger partial charge in [0.25, 0.3) is 0 Å². The molecule has 2 aliphatic carbocycles. The molecule has 25 heavy (non-hydrogen) atoms. The third-order valence-electron chi connectivity index (χ3n) is 6.67. The number of rotatable bonds is 6. The van der Waals surface area contributed by atoms with Crippen molar-refractivity contribution < 1.29 is 0 Å². The Hall–Kier alpha value is -1.24. The lowest BCUT2D eigenvalue weighted by molar-refractivity contribution is 0.218. The third-order valence-corrected chi connectivity index (χ3v) is 6.67. The van der Waals surface area contributed by atoms with Crippen LogP contribution in [0.25, 0.3) is 12.2 Å². The highest BCUT2D eigenvalue weighted by Gasteiger charge is 2.26. The average Bonchev–Trinajstić information content (AvgIpc) is 2.65. The van der Waals surface area contributed by atoms with Crippen LogP contribution < -0.4 is 5.46 Å². The van der Waals surface area contributed by atoms with E-state index in [-0.39, 0.29) is 0 Å². The minimum absolute atomic E-state index is 0.759. The summed E-state index contributed by atoms with van der Waals surface area (Å²) >= 11 is 0. The van der Waals surface area contributed by atoms with Crippen molar-refractivity contribution in [3.8, 4) is 0 Å². The van der Waals surface area contributed by atoms with Gasteiger partial charge in [0.1, 0.15) is 0 Å². The Labute approximate surface area is 156 Å². The predicted molar refractivity (Wildman–Crippen MR) is 113 cm³/mol. The number of hydrogen-bond donors (Lipinski definition) is 0. The Morgan fingerprint density at radius 1 is 0.880 bits per heavy atom.